The minimum atomic E-state index is -0.613. The van der Waals surface area contributed by atoms with Crippen molar-refractivity contribution in [3.05, 3.63) is 69.9 Å². The van der Waals surface area contributed by atoms with E-state index in [1.54, 1.807) is 19.1 Å². The normalized spacial score (nSPS) is 10.5. The van der Waals surface area contributed by atoms with Crippen molar-refractivity contribution < 1.29 is 19.2 Å². The van der Waals surface area contributed by atoms with Gasteiger partial charge in [-0.15, -0.1) is 0 Å². The fourth-order valence-electron chi connectivity index (χ4n) is 2.54. The molecule has 0 radical (unpaired) electrons. The van der Waals surface area contributed by atoms with Crippen LogP contribution >= 0.6 is 0 Å². The number of H-pyrrole nitrogens is 1. The molecule has 1 heterocycles. The molecular formula is C18H15N3O5. The van der Waals surface area contributed by atoms with Crippen LogP contribution in [-0.2, 0) is 9.53 Å². The smallest absolute Gasteiger partial charge is 0.340 e. The SMILES string of the molecule is Cc1cc([N+](=O)[O-])ccc1NC(=O)COC(=O)c1c[nH]c2ccccc12. The predicted molar refractivity (Wildman–Crippen MR) is 95.0 cm³/mol. The van der Waals surface area contributed by atoms with E-state index in [-0.39, 0.29) is 5.69 Å². The summed E-state index contributed by atoms with van der Waals surface area (Å²) >= 11 is 0. The number of nitrogens with zero attached hydrogens (tertiary/aromatic N) is 1. The number of aromatic nitrogens is 1. The van der Waals surface area contributed by atoms with Crippen LogP contribution in [-0.4, -0.2) is 28.4 Å². The van der Waals surface area contributed by atoms with E-state index in [9.17, 15) is 19.7 Å². The molecule has 26 heavy (non-hydrogen) atoms. The first-order valence-corrected chi connectivity index (χ1v) is 7.74. The topological polar surface area (TPSA) is 114 Å². The molecule has 0 saturated carbocycles. The molecule has 0 aliphatic rings. The number of hydrogen-bond acceptors (Lipinski definition) is 5. The number of benzene rings is 2. The largest absolute Gasteiger partial charge is 0.452 e. The van der Waals surface area contributed by atoms with Gasteiger partial charge in [0.25, 0.3) is 11.6 Å². The number of non-ortho nitro benzene ring substituents is 1. The van der Waals surface area contributed by atoms with Crippen LogP contribution in [0.15, 0.2) is 48.7 Å². The molecule has 8 nitrogen and oxygen atoms in total. The number of para-hydroxylation sites is 1. The average Bonchev–Trinajstić information content (AvgIpc) is 3.05. The Labute approximate surface area is 147 Å². The summed E-state index contributed by atoms with van der Waals surface area (Å²) in [6, 6.07) is 11.3. The summed E-state index contributed by atoms with van der Waals surface area (Å²) in [5, 5.41) is 14.0. The average molecular weight is 353 g/mol. The van der Waals surface area contributed by atoms with Crippen LogP contribution in [0.3, 0.4) is 0 Å². The second kappa shape index (κ2) is 7.06. The standard InChI is InChI=1S/C18H15N3O5/c1-11-8-12(21(24)25)6-7-15(11)20-17(22)10-26-18(23)14-9-19-16-5-3-2-4-13(14)16/h2-9,19H,10H2,1H3,(H,20,22). The lowest BCUT2D eigenvalue weighted by Gasteiger charge is -2.08. The summed E-state index contributed by atoms with van der Waals surface area (Å²) in [4.78, 5) is 37.3. The fraction of sp³-hybridized carbons (Fsp3) is 0.111. The molecule has 3 aromatic rings. The molecule has 0 aliphatic heterocycles. The lowest BCUT2D eigenvalue weighted by atomic mass is 10.2. The van der Waals surface area contributed by atoms with Crippen LogP contribution in [0.5, 0.6) is 0 Å². The van der Waals surface area contributed by atoms with E-state index < -0.39 is 23.4 Å². The van der Waals surface area contributed by atoms with Gasteiger partial charge in [-0.2, -0.15) is 0 Å². The first-order valence-electron chi connectivity index (χ1n) is 7.74. The molecule has 0 spiro atoms. The first kappa shape index (κ1) is 17.2. The van der Waals surface area contributed by atoms with Crippen molar-refractivity contribution in [2.24, 2.45) is 0 Å². The van der Waals surface area contributed by atoms with Crippen LogP contribution in [0, 0.1) is 17.0 Å². The minimum absolute atomic E-state index is 0.0636. The Hall–Kier alpha value is -3.68. The maximum atomic E-state index is 12.2. The van der Waals surface area contributed by atoms with Crippen molar-refractivity contribution in [1.29, 1.82) is 0 Å². The number of esters is 1. The van der Waals surface area contributed by atoms with Crippen LogP contribution in [0.25, 0.3) is 10.9 Å². The zero-order chi connectivity index (χ0) is 18.7. The third kappa shape index (κ3) is 3.54. The Morgan fingerprint density at radius 2 is 2.00 bits per heavy atom. The van der Waals surface area contributed by atoms with Gasteiger partial charge in [0.1, 0.15) is 0 Å². The molecule has 1 aromatic heterocycles. The molecule has 0 unspecified atom stereocenters. The van der Waals surface area contributed by atoms with Crippen LogP contribution in [0.4, 0.5) is 11.4 Å². The second-order valence-electron chi connectivity index (χ2n) is 5.63. The number of anilines is 1. The number of carbonyl (C=O) groups excluding carboxylic acids is 2. The van der Waals surface area contributed by atoms with E-state index in [2.05, 4.69) is 10.3 Å². The number of amides is 1. The van der Waals surface area contributed by atoms with E-state index in [1.807, 2.05) is 12.1 Å². The number of carbonyl (C=O) groups is 2. The van der Waals surface area contributed by atoms with Gasteiger partial charge in [-0.1, -0.05) is 18.2 Å². The molecule has 3 rings (SSSR count). The van der Waals surface area contributed by atoms with Crippen molar-refractivity contribution in [3.63, 3.8) is 0 Å². The molecule has 0 bridgehead atoms. The van der Waals surface area contributed by atoms with Gasteiger partial charge in [0, 0.05) is 34.9 Å². The Morgan fingerprint density at radius 3 is 2.73 bits per heavy atom. The molecule has 2 aromatic carbocycles. The van der Waals surface area contributed by atoms with Crippen molar-refractivity contribution in [3.8, 4) is 0 Å². The molecule has 0 aliphatic carbocycles. The Balaban J connectivity index is 1.62. The molecule has 8 heteroatoms. The van der Waals surface area contributed by atoms with Crippen molar-refractivity contribution in [1.82, 2.24) is 4.98 Å². The zero-order valence-electron chi connectivity index (χ0n) is 13.8. The lowest BCUT2D eigenvalue weighted by Crippen LogP contribution is -2.21. The van der Waals surface area contributed by atoms with Crippen LogP contribution < -0.4 is 5.32 Å². The highest BCUT2D eigenvalue weighted by molar-refractivity contribution is 6.05. The molecule has 2 N–H and O–H groups in total. The molecule has 0 fully saturated rings. The fourth-order valence-corrected chi connectivity index (χ4v) is 2.54. The van der Waals surface area contributed by atoms with Crippen molar-refractivity contribution in [2.45, 2.75) is 6.92 Å². The van der Waals surface area contributed by atoms with Gasteiger partial charge in [0.15, 0.2) is 6.61 Å². The highest BCUT2D eigenvalue weighted by Gasteiger charge is 2.15. The third-order valence-corrected chi connectivity index (χ3v) is 3.84. The number of ether oxygens (including phenoxy) is 1. The number of aryl methyl sites for hydroxylation is 1. The Bertz CT molecular complexity index is 1010. The van der Waals surface area contributed by atoms with Gasteiger partial charge < -0.3 is 15.0 Å². The summed E-state index contributed by atoms with van der Waals surface area (Å²) in [6.07, 6.45) is 1.53. The summed E-state index contributed by atoms with van der Waals surface area (Å²) < 4.78 is 5.05. The highest BCUT2D eigenvalue weighted by Crippen LogP contribution is 2.21. The van der Waals surface area contributed by atoms with Crippen molar-refractivity contribution >= 4 is 34.2 Å². The highest BCUT2D eigenvalue weighted by atomic mass is 16.6. The maximum absolute atomic E-state index is 12.2. The second-order valence-corrected chi connectivity index (χ2v) is 5.63. The summed E-state index contributed by atoms with van der Waals surface area (Å²) in [5.41, 5.74) is 2.04. The summed E-state index contributed by atoms with van der Waals surface area (Å²) in [7, 11) is 0. The van der Waals surface area contributed by atoms with Gasteiger partial charge >= 0.3 is 5.97 Å². The monoisotopic (exact) mass is 353 g/mol. The molecule has 0 atom stereocenters. The van der Waals surface area contributed by atoms with Gasteiger partial charge in [0.05, 0.1) is 10.5 Å². The van der Waals surface area contributed by atoms with Gasteiger partial charge in [0.2, 0.25) is 0 Å². The number of hydrogen-bond donors (Lipinski definition) is 2. The van der Waals surface area contributed by atoms with E-state index in [1.165, 1.54) is 24.4 Å². The predicted octanol–water partition coefficient (Wildman–Crippen LogP) is 3.18. The van der Waals surface area contributed by atoms with Gasteiger partial charge in [-0.25, -0.2) is 4.79 Å². The number of fused-ring (bicyclic) bond motifs is 1. The number of nitro benzene ring substituents is 1. The van der Waals surface area contributed by atoms with Crippen molar-refractivity contribution in [2.75, 3.05) is 11.9 Å². The Morgan fingerprint density at radius 1 is 1.23 bits per heavy atom. The van der Waals surface area contributed by atoms with E-state index >= 15 is 0 Å². The van der Waals surface area contributed by atoms with E-state index in [0.717, 1.165) is 5.52 Å². The molecule has 1 amide bonds. The molecule has 0 saturated heterocycles. The summed E-state index contributed by atoms with van der Waals surface area (Å²) in [6.45, 7) is 1.18. The van der Waals surface area contributed by atoms with E-state index in [0.29, 0.717) is 22.2 Å². The maximum Gasteiger partial charge on any atom is 0.340 e. The first-order chi connectivity index (χ1) is 12.5. The van der Waals surface area contributed by atoms with Gasteiger partial charge in [-0.05, 0) is 24.6 Å². The number of nitrogens with one attached hydrogen (secondary N) is 2. The van der Waals surface area contributed by atoms with Gasteiger partial charge in [-0.3, -0.25) is 14.9 Å². The number of nitro groups is 1. The van der Waals surface area contributed by atoms with Crippen LogP contribution in [0.1, 0.15) is 15.9 Å². The number of rotatable bonds is 5. The quantitative estimate of drug-likeness (QED) is 0.415. The van der Waals surface area contributed by atoms with E-state index in [4.69, 9.17) is 4.74 Å². The Kier molecular flexibility index (Phi) is 4.66. The molecule has 132 valence electrons. The minimum Gasteiger partial charge on any atom is -0.452 e. The zero-order valence-corrected chi connectivity index (χ0v) is 13.8. The van der Waals surface area contributed by atoms with Crippen LogP contribution in [0.2, 0.25) is 0 Å². The summed E-state index contributed by atoms with van der Waals surface area (Å²) in [5.74, 6) is -1.15. The lowest BCUT2D eigenvalue weighted by molar-refractivity contribution is -0.384. The molecular weight excluding hydrogens is 338 g/mol. The number of aromatic amines is 1. The third-order valence-electron chi connectivity index (χ3n) is 3.84.